The van der Waals surface area contributed by atoms with Gasteiger partial charge in [-0.1, -0.05) is 68.1 Å². The first-order valence-corrected chi connectivity index (χ1v) is 12.4. The molecule has 4 aromatic rings. The average Bonchev–Trinajstić information content (AvgIpc) is 2.93. The minimum Gasteiger partial charge on any atom is -0.470 e. The van der Waals surface area contributed by atoms with E-state index in [1.807, 2.05) is 36.4 Å². The molecule has 1 N–H and O–H groups in total. The number of aromatic nitrogens is 3. The van der Waals surface area contributed by atoms with Crippen molar-refractivity contribution in [2.75, 3.05) is 13.6 Å². The van der Waals surface area contributed by atoms with Crippen molar-refractivity contribution in [2.45, 2.75) is 38.6 Å². The molecule has 2 heterocycles. The second-order valence-corrected chi connectivity index (χ2v) is 8.75. The quantitative estimate of drug-likeness (QED) is 0.284. The Labute approximate surface area is 219 Å². The second-order valence-electron chi connectivity index (χ2n) is 8.75. The third-order valence-corrected chi connectivity index (χ3v) is 6.18. The summed E-state index contributed by atoms with van der Waals surface area (Å²) in [6.45, 7) is 6.13. The van der Waals surface area contributed by atoms with Crippen molar-refractivity contribution in [3.05, 3.63) is 102 Å². The Morgan fingerprint density at radius 3 is 2.42 bits per heavy atom. The van der Waals surface area contributed by atoms with Gasteiger partial charge < -0.3 is 10.1 Å². The van der Waals surface area contributed by atoms with E-state index in [-0.39, 0.29) is 24.0 Å². The molecule has 0 aliphatic carbocycles. The number of rotatable bonds is 10. The number of fused-ring (bicyclic) bond motifs is 1. The molecular formula is C29H30F3N5O. The van der Waals surface area contributed by atoms with Gasteiger partial charge in [-0.15, -0.1) is 5.10 Å². The molecule has 6 nitrogen and oxygen atoms in total. The molecule has 0 saturated heterocycles. The Kier molecular flexibility index (Phi) is 8.58. The number of hydrogen-bond donors (Lipinski definition) is 1. The summed E-state index contributed by atoms with van der Waals surface area (Å²) >= 11 is 0. The summed E-state index contributed by atoms with van der Waals surface area (Å²) in [4.78, 5) is 8.80. The lowest BCUT2D eigenvalue weighted by molar-refractivity contribution is -0.0744. The zero-order chi connectivity index (χ0) is 27.1. The molecule has 0 aliphatic heterocycles. The molecule has 198 valence electrons. The number of allylic oxidation sites excluding steroid dienone is 1. The van der Waals surface area contributed by atoms with E-state index in [2.05, 4.69) is 41.0 Å². The number of alkyl halides is 3. The summed E-state index contributed by atoms with van der Waals surface area (Å²) in [5.41, 5.74) is 1.67. The minimum absolute atomic E-state index is 0.0341. The summed E-state index contributed by atoms with van der Waals surface area (Å²) in [6.07, 6.45) is -2.93. The molecular weight excluding hydrogens is 491 g/mol. The Morgan fingerprint density at radius 1 is 1.03 bits per heavy atom. The first-order chi connectivity index (χ1) is 18.3. The molecule has 0 bridgehead atoms. The molecule has 4 rings (SSSR count). The van der Waals surface area contributed by atoms with Crippen LogP contribution in [0.25, 0.3) is 16.5 Å². The number of pyridine rings is 1. The van der Waals surface area contributed by atoms with Crippen molar-refractivity contribution < 1.29 is 17.9 Å². The van der Waals surface area contributed by atoms with Gasteiger partial charge in [0.15, 0.2) is 5.49 Å². The van der Waals surface area contributed by atoms with E-state index in [0.717, 1.165) is 25.1 Å². The van der Waals surface area contributed by atoms with Gasteiger partial charge in [0.05, 0.1) is 11.4 Å². The predicted molar refractivity (Wildman–Crippen MR) is 142 cm³/mol. The van der Waals surface area contributed by atoms with Gasteiger partial charge in [-0.25, -0.2) is 4.68 Å². The van der Waals surface area contributed by atoms with Crippen LogP contribution in [-0.4, -0.2) is 34.5 Å². The number of halogens is 3. The van der Waals surface area contributed by atoms with Crippen LogP contribution in [0.3, 0.4) is 0 Å². The van der Waals surface area contributed by atoms with Crippen molar-refractivity contribution in [1.29, 1.82) is 0 Å². The van der Waals surface area contributed by atoms with Gasteiger partial charge in [-0.2, -0.15) is 13.2 Å². The molecule has 0 amide bonds. The fourth-order valence-electron chi connectivity index (χ4n) is 4.21. The summed E-state index contributed by atoms with van der Waals surface area (Å²) in [5, 5.41) is 8.72. The lowest BCUT2D eigenvalue weighted by atomic mass is 10.1. The monoisotopic (exact) mass is 521 g/mol. The van der Waals surface area contributed by atoms with Crippen molar-refractivity contribution in [3.8, 4) is 5.88 Å². The molecule has 9 heteroatoms. The summed E-state index contributed by atoms with van der Waals surface area (Å²) in [7, 11) is 1.41. The zero-order valence-corrected chi connectivity index (χ0v) is 21.4. The van der Waals surface area contributed by atoms with Gasteiger partial charge in [0.25, 0.3) is 0 Å². The van der Waals surface area contributed by atoms with E-state index >= 15 is 0 Å². The van der Waals surface area contributed by atoms with Gasteiger partial charge >= 0.3 is 6.18 Å². The third-order valence-electron chi connectivity index (χ3n) is 6.18. The van der Waals surface area contributed by atoms with Gasteiger partial charge in [-0.05, 0) is 43.1 Å². The Hall–Kier alpha value is -3.98. The predicted octanol–water partition coefficient (Wildman–Crippen LogP) is 5.86. The first-order valence-electron chi connectivity index (χ1n) is 12.4. The van der Waals surface area contributed by atoms with E-state index < -0.39 is 11.9 Å². The highest BCUT2D eigenvalue weighted by molar-refractivity contribution is 5.86. The van der Waals surface area contributed by atoms with Gasteiger partial charge in [0.2, 0.25) is 5.88 Å². The van der Waals surface area contributed by atoms with Crippen molar-refractivity contribution in [3.63, 3.8) is 0 Å². The molecule has 1 unspecified atom stereocenters. The number of ether oxygens (including phenoxy) is 1. The van der Waals surface area contributed by atoms with Crippen molar-refractivity contribution in [1.82, 2.24) is 20.1 Å². The topological polar surface area (TPSA) is 64.3 Å². The maximum Gasteiger partial charge on any atom is 0.432 e. The first kappa shape index (κ1) is 27.1. The summed E-state index contributed by atoms with van der Waals surface area (Å²) in [5.74, 6) is 0.0404. The molecule has 0 fully saturated rings. The molecule has 0 radical (unpaired) electrons. The number of nitrogens with one attached hydrogen (secondary N) is 1. The fourth-order valence-corrected chi connectivity index (χ4v) is 4.21. The van der Waals surface area contributed by atoms with Crippen LogP contribution in [0.5, 0.6) is 5.88 Å². The van der Waals surface area contributed by atoms with Crippen LogP contribution in [0.4, 0.5) is 13.2 Å². The van der Waals surface area contributed by atoms with Crippen LogP contribution in [0.2, 0.25) is 0 Å². The highest BCUT2D eigenvalue weighted by Gasteiger charge is 2.35. The summed E-state index contributed by atoms with van der Waals surface area (Å²) in [6, 6.07) is 22.9. The van der Waals surface area contributed by atoms with Gasteiger partial charge in [0, 0.05) is 23.9 Å². The summed E-state index contributed by atoms with van der Waals surface area (Å²) < 4.78 is 47.2. The highest BCUT2D eigenvalue weighted by atomic mass is 19.4. The molecule has 38 heavy (non-hydrogen) atoms. The van der Waals surface area contributed by atoms with Crippen LogP contribution in [0.1, 0.15) is 36.3 Å². The maximum absolute atomic E-state index is 13.5. The fraction of sp³-hybridized carbons (Fsp3) is 0.276. The number of hydrogen-bond acceptors (Lipinski definition) is 5. The van der Waals surface area contributed by atoms with Crippen LogP contribution in [-0.2, 0) is 13.0 Å². The average molecular weight is 522 g/mol. The minimum atomic E-state index is -4.69. The SMILES string of the molecule is C=C(n1nc(OCc2cccc(C(CC)NCCc3ccccc3)n2)c2ccccc2c1=NC)C(F)(F)F. The lowest BCUT2D eigenvalue weighted by Gasteiger charge is -2.18. The van der Waals surface area contributed by atoms with Crippen LogP contribution < -0.4 is 15.5 Å². The normalized spacial score (nSPS) is 13.0. The van der Waals surface area contributed by atoms with Crippen molar-refractivity contribution >= 4 is 16.5 Å². The van der Waals surface area contributed by atoms with Crippen LogP contribution >= 0.6 is 0 Å². The van der Waals surface area contributed by atoms with Gasteiger partial charge in [-0.3, -0.25) is 9.98 Å². The highest BCUT2D eigenvalue weighted by Crippen LogP contribution is 2.29. The Bertz CT molecular complexity index is 1460. The molecule has 2 aromatic heterocycles. The second kappa shape index (κ2) is 12.0. The third kappa shape index (κ3) is 6.28. The molecule has 0 saturated carbocycles. The number of nitrogens with zero attached hydrogens (tertiary/aromatic N) is 4. The van der Waals surface area contributed by atoms with E-state index in [1.165, 1.54) is 12.6 Å². The largest absolute Gasteiger partial charge is 0.470 e. The smallest absolute Gasteiger partial charge is 0.432 e. The van der Waals surface area contributed by atoms with Crippen LogP contribution in [0.15, 0.2) is 84.4 Å². The van der Waals surface area contributed by atoms with E-state index in [1.54, 1.807) is 24.3 Å². The van der Waals surface area contributed by atoms with Gasteiger partial charge in [0.1, 0.15) is 12.3 Å². The Balaban J connectivity index is 1.55. The number of benzene rings is 2. The van der Waals surface area contributed by atoms with Crippen molar-refractivity contribution in [2.24, 2.45) is 4.99 Å². The Morgan fingerprint density at radius 2 is 1.74 bits per heavy atom. The standard InChI is InChI=1S/C29H30F3N5O/c1-4-25(34-18-17-21-11-6-5-7-12-21)26-16-10-13-22(35-26)19-38-28-24-15-9-8-14-23(24)27(33-3)37(36-28)20(2)29(30,31)32/h5-16,25,34H,2,4,17-19H2,1,3H3. The van der Waals surface area contributed by atoms with Crippen LogP contribution in [0, 0.1) is 0 Å². The van der Waals surface area contributed by atoms with E-state index in [4.69, 9.17) is 9.72 Å². The zero-order valence-electron chi connectivity index (χ0n) is 21.4. The lowest BCUT2D eigenvalue weighted by Crippen LogP contribution is -2.30. The maximum atomic E-state index is 13.5. The van der Waals surface area contributed by atoms with E-state index in [0.29, 0.717) is 21.1 Å². The molecule has 0 spiro atoms. The van der Waals surface area contributed by atoms with E-state index in [9.17, 15) is 13.2 Å². The molecule has 1 atom stereocenters. The molecule has 2 aromatic carbocycles. The molecule has 0 aliphatic rings.